The topological polar surface area (TPSA) is 33.4 Å². The Labute approximate surface area is 150 Å². The molecule has 0 bridgehead atoms. The molecule has 1 aliphatic rings. The van der Waals surface area contributed by atoms with E-state index in [0.29, 0.717) is 23.2 Å². The summed E-state index contributed by atoms with van der Waals surface area (Å²) < 4.78 is 40.0. The van der Waals surface area contributed by atoms with E-state index in [1.807, 2.05) is 23.2 Å². The van der Waals surface area contributed by atoms with Gasteiger partial charge in [0.05, 0.1) is 17.8 Å². The second-order valence-electron chi connectivity index (χ2n) is 6.05. The van der Waals surface area contributed by atoms with Crippen LogP contribution in [0, 0.1) is 5.92 Å². The molecule has 0 radical (unpaired) electrons. The lowest BCUT2D eigenvalue weighted by Crippen LogP contribution is -2.39. The Morgan fingerprint density at radius 2 is 1.80 bits per heavy atom. The smallest absolute Gasteiger partial charge is 0.347 e. The summed E-state index contributed by atoms with van der Waals surface area (Å²) in [5.74, 6) is -1.20. The van der Waals surface area contributed by atoms with Gasteiger partial charge in [-0.05, 0) is 25.0 Å². The van der Waals surface area contributed by atoms with Crippen LogP contribution in [0.15, 0.2) is 30.5 Å². The molecule has 3 heterocycles. The molecule has 0 N–H and O–H groups in total. The van der Waals surface area contributed by atoms with Crippen LogP contribution in [-0.4, -0.2) is 33.9 Å². The first kappa shape index (κ1) is 16.7. The average molecular weight is 387 g/mol. The van der Waals surface area contributed by atoms with Crippen molar-refractivity contribution in [3.05, 3.63) is 35.5 Å². The molecule has 0 saturated carbocycles. The number of fused-ring (bicyclic) bond motifs is 1. The van der Waals surface area contributed by atoms with Gasteiger partial charge in [-0.1, -0.05) is 35.1 Å². The number of aromatic nitrogens is 3. The number of halogens is 4. The first-order valence-electron chi connectivity index (χ1n) is 7.84. The minimum Gasteiger partial charge on any atom is -0.347 e. The Bertz CT molecular complexity index is 848. The number of hydrogen-bond donors (Lipinski definition) is 0. The van der Waals surface area contributed by atoms with Gasteiger partial charge < -0.3 is 4.90 Å². The Hall–Kier alpha value is -1.80. The van der Waals surface area contributed by atoms with Crippen molar-refractivity contribution in [3.63, 3.8) is 0 Å². The lowest BCUT2D eigenvalue weighted by Gasteiger charge is -2.32. The molecule has 0 aliphatic carbocycles. The molecule has 1 aliphatic heterocycles. The van der Waals surface area contributed by atoms with Crippen molar-refractivity contribution >= 4 is 33.0 Å². The fraction of sp³-hybridized carbons (Fsp3) is 0.375. The van der Waals surface area contributed by atoms with E-state index < -0.39 is 12.1 Å². The SMILES string of the molecule is FC(F)(F)C1CCN(c2nn3cc(-c4ccc(Cl)cc4)nc3s2)CC1. The quantitative estimate of drug-likeness (QED) is 0.628. The lowest BCUT2D eigenvalue weighted by atomic mass is 9.97. The molecule has 0 amide bonds. The molecule has 0 atom stereocenters. The largest absolute Gasteiger partial charge is 0.391 e. The van der Waals surface area contributed by atoms with Crippen molar-refractivity contribution in [2.24, 2.45) is 5.92 Å². The Morgan fingerprint density at radius 3 is 2.40 bits per heavy atom. The maximum Gasteiger partial charge on any atom is 0.391 e. The molecule has 132 valence electrons. The third-order valence-corrected chi connectivity index (χ3v) is 5.64. The van der Waals surface area contributed by atoms with E-state index in [9.17, 15) is 13.2 Å². The second kappa shape index (κ2) is 6.17. The van der Waals surface area contributed by atoms with Gasteiger partial charge in [0.2, 0.25) is 10.1 Å². The highest BCUT2D eigenvalue weighted by Crippen LogP contribution is 2.36. The molecule has 2 aromatic heterocycles. The van der Waals surface area contributed by atoms with E-state index in [1.54, 1.807) is 16.6 Å². The predicted molar refractivity (Wildman–Crippen MR) is 92.3 cm³/mol. The highest BCUT2D eigenvalue weighted by Gasteiger charge is 2.41. The summed E-state index contributed by atoms with van der Waals surface area (Å²) in [5.41, 5.74) is 1.73. The summed E-state index contributed by atoms with van der Waals surface area (Å²) >= 11 is 7.28. The van der Waals surface area contributed by atoms with Crippen LogP contribution in [0.4, 0.5) is 18.3 Å². The highest BCUT2D eigenvalue weighted by atomic mass is 35.5. The van der Waals surface area contributed by atoms with Gasteiger partial charge in [0, 0.05) is 23.7 Å². The van der Waals surface area contributed by atoms with E-state index in [2.05, 4.69) is 10.1 Å². The van der Waals surface area contributed by atoms with Crippen LogP contribution in [-0.2, 0) is 0 Å². The number of rotatable bonds is 2. The maximum absolute atomic E-state index is 12.8. The van der Waals surface area contributed by atoms with Gasteiger partial charge in [0.25, 0.3) is 0 Å². The fourth-order valence-corrected chi connectivity index (χ4v) is 4.04. The fourth-order valence-electron chi connectivity index (χ4n) is 2.98. The van der Waals surface area contributed by atoms with E-state index in [-0.39, 0.29) is 12.8 Å². The van der Waals surface area contributed by atoms with Crippen molar-refractivity contribution < 1.29 is 13.2 Å². The molecule has 0 unspecified atom stereocenters. The van der Waals surface area contributed by atoms with E-state index in [4.69, 9.17) is 11.6 Å². The number of nitrogens with zero attached hydrogens (tertiary/aromatic N) is 4. The summed E-state index contributed by atoms with van der Waals surface area (Å²) in [5, 5.41) is 5.85. The normalized spacial score (nSPS) is 16.7. The molecular formula is C16H14ClF3N4S. The van der Waals surface area contributed by atoms with E-state index in [0.717, 1.165) is 16.2 Å². The molecule has 1 aromatic carbocycles. The van der Waals surface area contributed by atoms with Crippen LogP contribution in [0.5, 0.6) is 0 Å². The highest BCUT2D eigenvalue weighted by molar-refractivity contribution is 7.20. The van der Waals surface area contributed by atoms with Gasteiger partial charge >= 0.3 is 6.18 Å². The summed E-state index contributed by atoms with van der Waals surface area (Å²) in [6.07, 6.45) is -2.05. The first-order valence-corrected chi connectivity index (χ1v) is 9.03. The zero-order chi connectivity index (χ0) is 17.6. The van der Waals surface area contributed by atoms with Gasteiger partial charge in [0.15, 0.2) is 0 Å². The number of imidazole rings is 1. The summed E-state index contributed by atoms with van der Waals surface area (Å²) in [7, 11) is 0. The van der Waals surface area contributed by atoms with Crippen LogP contribution in [0.2, 0.25) is 5.02 Å². The lowest BCUT2D eigenvalue weighted by molar-refractivity contribution is -0.179. The summed E-state index contributed by atoms with van der Waals surface area (Å²) in [6, 6.07) is 7.37. The summed E-state index contributed by atoms with van der Waals surface area (Å²) in [6.45, 7) is 0.732. The molecular weight excluding hydrogens is 373 g/mol. The zero-order valence-electron chi connectivity index (χ0n) is 13.0. The number of benzene rings is 1. The van der Waals surface area contributed by atoms with Crippen molar-refractivity contribution in [3.8, 4) is 11.3 Å². The number of piperidine rings is 1. The van der Waals surface area contributed by atoms with Crippen molar-refractivity contribution in [2.45, 2.75) is 19.0 Å². The van der Waals surface area contributed by atoms with E-state index >= 15 is 0 Å². The van der Waals surface area contributed by atoms with Gasteiger partial charge in [0.1, 0.15) is 0 Å². The molecule has 1 fully saturated rings. The van der Waals surface area contributed by atoms with Crippen molar-refractivity contribution in [2.75, 3.05) is 18.0 Å². The van der Waals surface area contributed by atoms with E-state index in [1.165, 1.54) is 11.3 Å². The van der Waals surface area contributed by atoms with Gasteiger partial charge in [-0.25, -0.2) is 9.50 Å². The minimum atomic E-state index is -4.10. The number of anilines is 1. The molecule has 4 nitrogen and oxygen atoms in total. The molecule has 4 rings (SSSR count). The van der Waals surface area contributed by atoms with Crippen LogP contribution in [0.25, 0.3) is 16.2 Å². The standard InChI is InChI=1S/C16H14ClF3N4S/c17-12-3-1-10(2-4-12)13-9-24-14(21-13)25-15(22-24)23-7-5-11(6-8-23)16(18,19)20/h1-4,9,11H,5-8H2. The van der Waals surface area contributed by atoms with Gasteiger partial charge in [-0.2, -0.15) is 13.2 Å². The third-order valence-electron chi connectivity index (χ3n) is 4.40. The summed E-state index contributed by atoms with van der Waals surface area (Å²) in [4.78, 5) is 7.18. The molecule has 25 heavy (non-hydrogen) atoms. The minimum absolute atomic E-state index is 0.113. The monoisotopic (exact) mass is 386 g/mol. The molecule has 1 saturated heterocycles. The number of hydrogen-bond acceptors (Lipinski definition) is 4. The van der Waals surface area contributed by atoms with Gasteiger partial charge in [-0.15, -0.1) is 5.10 Å². The Balaban J connectivity index is 1.51. The van der Waals surface area contributed by atoms with Gasteiger partial charge in [-0.3, -0.25) is 0 Å². The van der Waals surface area contributed by atoms with Crippen LogP contribution < -0.4 is 4.90 Å². The van der Waals surface area contributed by atoms with Crippen molar-refractivity contribution in [1.82, 2.24) is 14.6 Å². The maximum atomic E-state index is 12.8. The average Bonchev–Trinajstić information content (AvgIpc) is 3.14. The Morgan fingerprint density at radius 1 is 1.12 bits per heavy atom. The first-order chi connectivity index (χ1) is 11.9. The van der Waals surface area contributed by atoms with Crippen LogP contribution in [0.3, 0.4) is 0 Å². The Kier molecular flexibility index (Phi) is 4.11. The number of alkyl halides is 3. The molecule has 3 aromatic rings. The molecule has 0 spiro atoms. The van der Waals surface area contributed by atoms with Crippen LogP contribution >= 0.6 is 22.9 Å². The van der Waals surface area contributed by atoms with Crippen LogP contribution in [0.1, 0.15) is 12.8 Å². The zero-order valence-corrected chi connectivity index (χ0v) is 14.6. The van der Waals surface area contributed by atoms with Crippen molar-refractivity contribution in [1.29, 1.82) is 0 Å². The molecule has 9 heteroatoms. The predicted octanol–water partition coefficient (Wildman–Crippen LogP) is 4.89. The second-order valence-corrected chi connectivity index (χ2v) is 7.42. The third kappa shape index (κ3) is 3.32.